The van der Waals surface area contributed by atoms with Gasteiger partial charge in [-0.05, 0) is 0 Å². The zero-order chi connectivity index (χ0) is 9.56. The predicted molar refractivity (Wildman–Crippen MR) is 44.2 cm³/mol. The van der Waals surface area contributed by atoms with Crippen molar-refractivity contribution in [2.45, 2.75) is 13.8 Å². The van der Waals surface area contributed by atoms with Crippen molar-refractivity contribution in [2.24, 2.45) is 0 Å². The van der Waals surface area contributed by atoms with Crippen molar-refractivity contribution in [1.82, 2.24) is 4.90 Å². The Morgan fingerprint density at radius 1 is 1.25 bits per heavy atom. The molecule has 12 heavy (non-hydrogen) atoms. The highest BCUT2D eigenvalue weighted by atomic mass is 16.5. The Morgan fingerprint density at radius 3 is 2.00 bits per heavy atom. The number of methoxy groups -OCH3 is 1. The Bertz CT molecular complexity index is 180. The first-order valence-electron chi connectivity index (χ1n) is 3.78. The molecule has 0 fully saturated rings. The number of amides is 2. The van der Waals surface area contributed by atoms with E-state index >= 15 is 0 Å². The number of rotatable bonds is 2. The summed E-state index contributed by atoms with van der Waals surface area (Å²) in [5.41, 5.74) is 0. The topological polar surface area (TPSA) is 46.6 Å². The van der Waals surface area contributed by atoms with E-state index in [0.29, 0.717) is 0 Å². The van der Waals surface area contributed by atoms with Gasteiger partial charge in [0.05, 0.1) is 0 Å². The van der Waals surface area contributed by atoms with Crippen molar-refractivity contribution in [3.63, 3.8) is 0 Å². The van der Waals surface area contributed by atoms with E-state index in [4.69, 9.17) is 0 Å². The lowest BCUT2D eigenvalue weighted by Crippen LogP contribution is -2.31. The third kappa shape index (κ3) is 2.47. The van der Waals surface area contributed by atoms with Crippen molar-refractivity contribution in [3.8, 4) is 0 Å². The summed E-state index contributed by atoms with van der Waals surface area (Å²) in [4.78, 5) is 22.4. The number of carbonyl (C=O) groups excluding carboxylic acids is 2. The Kier molecular flexibility index (Phi) is 4.96. The van der Waals surface area contributed by atoms with E-state index in [0.717, 1.165) is 4.90 Å². The molecule has 0 bridgehead atoms. The maximum atomic E-state index is 10.7. The van der Waals surface area contributed by atoms with Gasteiger partial charge in [-0.25, -0.2) is 0 Å². The molecule has 1 rings (SSSR count). The van der Waals surface area contributed by atoms with E-state index in [1.54, 1.807) is 0 Å². The summed E-state index contributed by atoms with van der Waals surface area (Å²) in [6.45, 7) is 4.03. The number of imide groups is 1. The van der Waals surface area contributed by atoms with E-state index in [-0.39, 0.29) is 18.5 Å². The fraction of sp³-hybridized carbons (Fsp3) is 0.500. The standard InChI is InChI=1S/C6H7NO3.C2H6/c1-10-4-7-5(8)2-3-6(7)9;1-2/h2-3H,4H2,1H3;1-2H3. The second-order valence-corrected chi connectivity index (χ2v) is 1.86. The second kappa shape index (κ2) is 5.49. The molecule has 1 aliphatic heterocycles. The highest BCUT2D eigenvalue weighted by Crippen LogP contribution is 2.01. The molecule has 0 radical (unpaired) electrons. The number of ether oxygens (including phenoxy) is 1. The van der Waals surface area contributed by atoms with E-state index in [2.05, 4.69) is 4.74 Å². The molecule has 1 aliphatic rings. The van der Waals surface area contributed by atoms with Gasteiger partial charge in [-0.2, -0.15) is 0 Å². The van der Waals surface area contributed by atoms with E-state index in [9.17, 15) is 9.59 Å². The van der Waals surface area contributed by atoms with Crippen LogP contribution in [0.3, 0.4) is 0 Å². The molecule has 4 heteroatoms. The number of hydrogen-bond acceptors (Lipinski definition) is 3. The van der Waals surface area contributed by atoms with Gasteiger partial charge in [-0.1, -0.05) is 13.8 Å². The third-order valence-corrected chi connectivity index (χ3v) is 1.16. The van der Waals surface area contributed by atoms with Crippen LogP contribution < -0.4 is 0 Å². The van der Waals surface area contributed by atoms with Crippen LogP contribution in [0.1, 0.15) is 13.8 Å². The van der Waals surface area contributed by atoms with E-state index in [1.807, 2.05) is 13.8 Å². The van der Waals surface area contributed by atoms with E-state index < -0.39 is 0 Å². The quantitative estimate of drug-likeness (QED) is 0.570. The monoisotopic (exact) mass is 171 g/mol. The van der Waals surface area contributed by atoms with Gasteiger partial charge in [0.15, 0.2) is 0 Å². The lowest BCUT2D eigenvalue weighted by Gasteiger charge is -2.10. The van der Waals surface area contributed by atoms with Crippen LogP contribution in [-0.2, 0) is 14.3 Å². The highest BCUT2D eigenvalue weighted by Gasteiger charge is 2.22. The molecular formula is C8H13NO3. The highest BCUT2D eigenvalue weighted by molar-refractivity contribution is 6.12. The summed E-state index contributed by atoms with van der Waals surface area (Å²) in [6.07, 6.45) is 2.45. The van der Waals surface area contributed by atoms with Crippen LogP contribution >= 0.6 is 0 Å². The van der Waals surface area contributed by atoms with Crippen molar-refractivity contribution in [3.05, 3.63) is 12.2 Å². The second-order valence-electron chi connectivity index (χ2n) is 1.86. The summed E-state index contributed by atoms with van der Waals surface area (Å²) in [7, 11) is 1.43. The largest absolute Gasteiger partial charge is 0.364 e. The van der Waals surface area contributed by atoms with Crippen LogP contribution in [-0.4, -0.2) is 30.6 Å². The molecular weight excluding hydrogens is 158 g/mol. The molecule has 0 saturated carbocycles. The zero-order valence-electron chi connectivity index (χ0n) is 7.53. The van der Waals surface area contributed by atoms with Crippen LogP contribution in [0.25, 0.3) is 0 Å². The molecule has 68 valence electrons. The predicted octanol–water partition coefficient (Wildman–Crippen LogP) is 0.541. The van der Waals surface area contributed by atoms with Crippen LogP contribution in [0.2, 0.25) is 0 Å². The van der Waals surface area contributed by atoms with Gasteiger partial charge in [0.25, 0.3) is 11.8 Å². The number of carbonyl (C=O) groups is 2. The maximum Gasteiger partial charge on any atom is 0.255 e. The van der Waals surface area contributed by atoms with Gasteiger partial charge in [0, 0.05) is 19.3 Å². The SMILES string of the molecule is CC.COCN1C(=O)C=CC1=O. The maximum absolute atomic E-state index is 10.7. The first kappa shape index (κ1) is 10.8. The van der Waals surface area contributed by atoms with Gasteiger partial charge in [0.1, 0.15) is 6.73 Å². The molecule has 0 spiro atoms. The van der Waals surface area contributed by atoms with Crippen LogP contribution in [0.15, 0.2) is 12.2 Å². The Morgan fingerprint density at radius 2 is 1.67 bits per heavy atom. The normalized spacial score (nSPS) is 14.8. The van der Waals surface area contributed by atoms with Crippen molar-refractivity contribution >= 4 is 11.8 Å². The average Bonchev–Trinajstić information content (AvgIpc) is 2.40. The minimum absolute atomic E-state index is 0.0324. The molecule has 0 N–H and O–H groups in total. The molecule has 1 heterocycles. The Hall–Kier alpha value is -1.16. The summed E-state index contributed by atoms with van der Waals surface area (Å²) in [6, 6.07) is 0. The molecule has 0 aromatic heterocycles. The fourth-order valence-corrected chi connectivity index (χ4v) is 0.687. The third-order valence-electron chi connectivity index (χ3n) is 1.16. The minimum atomic E-state index is -0.313. The molecule has 0 atom stereocenters. The number of hydrogen-bond donors (Lipinski definition) is 0. The average molecular weight is 171 g/mol. The summed E-state index contributed by atoms with van der Waals surface area (Å²) in [5, 5.41) is 0. The summed E-state index contributed by atoms with van der Waals surface area (Å²) >= 11 is 0. The zero-order valence-corrected chi connectivity index (χ0v) is 7.53. The van der Waals surface area contributed by atoms with Crippen LogP contribution in [0, 0.1) is 0 Å². The lowest BCUT2D eigenvalue weighted by molar-refractivity contribution is -0.141. The molecule has 0 aliphatic carbocycles. The Balaban J connectivity index is 0.000000561. The van der Waals surface area contributed by atoms with Gasteiger partial charge < -0.3 is 4.74 Å². The molecule has 0 saturated heterocycles. The Labute approximate surface area is 71.8 Å². The summed E-state index contributed by atoms with van der Waals surface area (Å²) < 4.78 is 4.61. The minimum Gasteiger partial charge on any atom is -0.364 e. The van der Waals surface area contributed by atoms with Crippen molar-refractivity contribution in [2.75, 3.05) is 13.8 Å². The van der Waals surface area contributed by atoms with Crippen molar-refractivity contribution in [1.29, 1.82) is 0 Å². The molecule has 2 amide bonds. The van der Waals surface area contributed by atoms with Crippen LogP contribution in [0.5, 0.6) is 0 Å². The van der Waals surface area contributed by atoms with Crippen LogP contribution in [0.4, 0.5) is 0 Å². The first-order valence-corrected chi connectivity index (χ1v) is 3.78. The fourth-order valence-electron chi connectivity index (χ4n) is 0.687. The number of nitrogens with zero attached hydrogens (tertiary/aromatic N) is 1. The first-order chi connectivity index (χ1) is 5.75. The van der Waals surface area contributed by atoms with Gasteiger partial charge in [-0.3, -0.25) is 14.5 Å². The molecule has 0 unspecified atom stereocenters. The summed E-state index contributed by atoms with van der Waals surface area (Å²) in [5.74, 6) is -0.626. The lowest BCUT2D eigenvalue weighted by atomic mass is 10.6. The molecule has 0 aromatic carbocycles. The smallest absolute Gasteiger partial charge is 0.255 e. The molecule has 0 aromatic rings. The van der Waals surface area contributed by atoms with E-state index in [1.165, 1.54) is 19.3 Å². The van der Waals surface area contributed by atoms with Gasteiger partial charge in [0.2, 0.25) is 0 Å². The van der Waals surface area contributed by atoms with Gasteiger partial charge >= 0.3 is 0 Å². The van der Waals surface area contributed by atoms with Crippen molar-refractivity contribution < 1.29 is 14.3 Å². The molecule has 4 nitrogen and oxygen atoms in total. The van der Waals surface area contributed by atoms with Gasteiger partial charge in [-0.15, -0.1) is 0 Å².